The topological polar surface area (TPSA) is 32.7 Å². The minimum Gasteiger partial charge on any atom is -0.492 e. The zero-order valence-electron chi connectivity index (χ0n) is 19.6. The molecule has 3 nitrogen and oxygen atoms in total. The average Bonchev–Trinajstić information content (AvgIpc) is 2.79. The number of aliphatic hydroxyl groups is 1. The summed E-state index contributed by atoms with van der Waals surface area (Å²) in [6.45, 7) is 12.0. The molecule has 0 aliphatic rings. The number of hydrogen-bond acceptors (Lipinski definition) is 3. The van der Waals surface area contributed by atoms with Gasteiger partial charge in [0.05, 0.1) is 0 Å². The monoisotopic (exact) mass is 451 g/mol. The molecular weight excluding hydrogens is 418 g/mol. The summed E-state index contributed by atoms with van der Waals surface area (Å²) < 4.78 is 6.05. The summed E-state index contributed by atoms with van der Waals surface area (Å²) >= 11 is 6.07. The number of ether oxygens (including phenoxy) is 1. The molecule has 0 bridgehead atoms. The Kier molecular flexibility index (Phi) is 8.36. The predicted molar refractivity (Wildman–Crippen MR) is 134 cm³/mol. The summed E-state index contributed by atoms with van der Waals surface area (Å²) in [4.78, 5) is 2.34. The lowest BCUT2D eigenvalue weighted by atomic mass is 9.80. The van der Waals surface area contributed by atoms with E-state index in [0.29, 0.717) is 18.1 Å². The van der Waals surface area contributed by atoms with Crippen molar-refractivity contribution in [2.45, 2.75) is 39.7 Å². The molecule has 3 aromatic carbocycles. The number of aryl methyl sites for hydroxylation is 2. The Bertz CT molecular complexity index is 997. The SMILES string of the molecule is CCN(CC)CCOc1ccc(C(O)(Cc2ccc(Cl)cc2)c2ccc(C)cc2)cc1C. The average molecular weight is 452 g/mol. The van der Waals surface area contributed by atoms with Crippen molar-refractivity contribution in [1.82, 2.24) is 4.90 Å². The van der Waals surface area contributed by atoms with E-state index in [4.69, 9.17) is 16.3 Å². The molecule has 0 fully saturated rings. The molecule has 0 saturated carbocycles. The van der Waals surface area contributed by atoms with Crippen LogP contribution < -0.4 is 4.74 Å². The number of hydrogen-bond donors (Lipinski definition) is 1. The third kappa shape index (κ3) is 5.92. The molecular formula is C28H34ClNO2. The Morgan fingerprint density at radius 1 is 0.875 bits per heavy atom. The number of rotatable bonds is 10. The molecule has 1 unspecified atom stereocenters. The van der Waals surface area contributed by atoms with Gasteiger partial charge in [-0.3, -0.25) is 0 Å². The second-order valence-corrected chi connectivity index (χ2v) is 8.82. The third-order valence-electron chi connectivity index (χ3n) is 6.11. The summed E-state index contributed by atoms with van der Waals surface area (Å²) in [7, 11) is 0. The molecule has 3 aromatic rings. The predicted octanol–water partition coefficient (Wildman–Crippen LogP) is 6.16. The van der Waals surface area contributed by atoms with Crippen molar-refractivity contribution in [2.24, 2.45) is 0 Å². The van der Waals surface area contributed by atoms with Gasteiger partial charge >= 0.3 is 0 Å². The van der Waals surface area contributed by atoms with Gasteiger partial charge in [-0.15, -0.1) is 0 Å². The third-order valence-corrected chi connectivity index (χ3v) is 6.37. The second kappa shape index (κ2) is 11.0. The Morgan fingerprint density at radius 3 is 2.09 bits per heavy atom. The maximum atomic E-state index is 12.0. The smallest absolute Gasteiger partial charge is 0.122 e. The van der Waals surface area contributed by atoms with E-state index < -0.39 is 5.60 Å². The molecule has 0 spiro atoms. The molecule has 0 radical (unpaired) electrons. The van der Waals surface area contributed by atoms with Gasteiger partial charge in [0.15, 0.2) is 0 Å². The van der Waals surface area contributed by atoms with E-state index in [2.05, 4.69) is 25.7 Å². The van der Waals surface area contributed by atoms with E-state index in [1.54, 1.807) is 0 Å². The van der Waals surface area contributed by atoms with Crippen LogP contribution in [0.4, 0.5) is 0 Å². The highest BCUT2D eigenvalue weighted by molar-refractivity contribution is 6.30. The largest absolute Gasteiger partial charge is 0.492 e. The molecule has 4 heteroatoms. The van der Waals surface area contributed by atoms with Gasteiger partial charge in [-0.05, 0) is 73.5 Å². The van der Waals surface area contributed by atoms with Gasteiger partial charge in [0.1, 0.15) is 18.0 Å². The first-order valence-electron chi connectivity index (χ1n) is 11.4. The quantitative estimate of drug-likeness (QED) is 0.401. The van der Waals surface area contributed by atoms with Gasteiger partial charge in [0.2, 0.25) is 0 Å². The summed E-state index contributed by atoms with van der Waals surface area (Å²) in [6.07, 6.45) is 0.453. The molecule has 0 aromatic heterocycles. The minimum absolute atomic E-state index is 0.453. The standard InChI is InChI=1S/C28H34ClNO2/c1-5-30(6-2)17-18-32-27-16-13-25(19-22(27)4)28(31,24-11-7-21(3)8-12-24)20-23-9-14-26(29)15-10-23/h7-16,19,31H,5-6,17-18,20H2,1-4H3. The highest BCUT2D eigenvalue weighted by atomic mass is 35.5. The molecule has 0 heterocycles. The van der Waals surface area contributed by atoms with E-state index in [-0.39, 0.29) is 0 Å². The van der Waals surface area contributed by atoms with Gasteiger partial charge < -0.3 is 14.7 Å². The number of nitrogens with zero attached hydrogens (tertiary/aromatic N) is 1. The van der Waals surface area contributed by atoms with Crippen LogP contribution in [0.25, 0.3) is 0 Å². The molecule has 32 heavy (non-hydrogen) atoms. The fourth-order valence-electron chi connectivity index (χ4n) is 3.99. The van der Waals surface area contributed by atoms with Crippen LogP contribution in [0, 0.1) is 13.8 Å². The van der Waals surface area contributed by atoms with E-state index in [1.165, 1.54) is 0 Å². The maximum absolute atomic E-state index is 12.0. The van der Waals surface area contributed by atoms with E-state index in [9.17, 15) is 5.11 Å². The summed E-state index contributed by atoms with van der Waals surface area (Å²) in [5.41, 5.74) is 3.76. The van der Waals surface area contributed by atoms with E-state index >= 15 is 0 Å². The molecule has 1 atom stereocenters. The van der Waals surface area contributed by atoms with Crippen LogP contribution in [-0.2, 0) is 12.0 Å². The van der Waals surface area contributed by atoms with Crippen LogP contribution in [0.5, 0.6) is 5.75 Å². The van der Waals surface area contributed by atoms with Gasteiger partial charge in [-0.2, -0.15) is 0 Å². The fraction of sp³-hybridized carbons (Fsp3) is 0.357. The molecule has 3 rings (SSSR count). The van der Waals surface area contributed by atoms with Crippen LogP contribution in [0.1, 0.15) is 41.7 Å². The maximum Gasteiger partial charge on any atom is 0.122 e. The lowest BCUT2D eigenvalue weighted by Gasteiger charge is -2.30. The van der Waals surface area contributed by atoms with Gasteiger partial charge in [-0.1, -0.05) is 73.5 Å². The zero-order chi connectivity index (χ0) is 23.1. The summed E-state index contributed by atoms with van der Waals surface area (Å²) in [5.74, 6) is 0.860. The van der Waals surface area contributed by atoms with Gasteiger partial charge in [0, 0.05) is 18.0 Å². The number of halogens is 1. The Balaban J connectivity index is 1.89. The molecule has 0 saturated heterocycles. The highest BCUT2D eigenvalue weighted by Crippen LogP contribution is 2.36. The fourth-order valence-corrected chi connectivity index (χ4v) is 4.12. The van der Waals surface area contributed by atoms with Crippen molar-refractivity contribution < 1.29 is 9.84 Å². The van der Waals surface area contributed by atoms with Gasteiger partial charge in [0.25, 0.3) is 0 Å². The molecule has 0 aliphatic carbocycles. The first-order valence-corrected chi connectivity index (χ1v) is 11.7. The van der Waals surface area contributed by atoms with Crippen molar-refractivity contribution in [3.8, 4) is 5.75 Å². The molecule has 170 valence electrons. The van der Waals surface area contributed by atoms with Crippen molar-refractivity contribution in [1.29, 1.82) is 0 Å². The van der Waals surface area contributed by atoms with Crippen LogP contribution in [0.3, 0.4) is 0 Å². The van der Waals surface area contributed by atoms with Crippen molar-refractivity contribution in [2.75, 3.05) is 26.2 Å². The second-order valence-electron chi connectivity index (χ2n) is 8.39. The van der Waals surface area contributed by atoms with Crippen LogP contribution in [0.15, 0.2) is 66.7 Å². The minimum atomic E-state index is -1.16. The Hall–Kier alpha value is -2.33. The molecule has 0 aliphatic heterocycles. The summed E-state index contributed by atoms with van der Waals surface area (Å²) in [5, 5.41) is 12.7. The van der Waals surface area contributed by atoms with E-state index in [1.807, 2.05) is 73.7 Å². The van der Waals surface area contributed by atoms with Crippen LogP contribution >= 0.6 is 11.6 Å². The van der Waals surface area contributed by atoms with Crippen molar-refractivity contribution in [3.05, 3.63) is 99.6 Å². The van der Waals surface area contributed by atoms with Crippen molar-refractivity contribution in [3.63, 3.8) is 0 Å². The lowest BCUT2D eigenvalue weighted by Crippen LogP contribution is -2.30. The number of benzene rings is 3. The first-order chi connectivity index (χ1) is 15.4. The Labute approximate surface area is 197 Å². The van der Waals surface area contributed by atoms with Crippen LogP contribution in [-0.4, -0.2) is 36.2 Å². The normalized spacial score (nSPS) is 13.2. The van der Waals surface area contributed by atoms with Crippen molar-refractivity contribution >= 4 is 11.6 Å². The zero-order valence-corrected chi connectivity index (χ0v) is 20.3. The van der Waals surface area contributed by atoms with Gasteiger partial charge in [-0.25, -0.2) is 0 Å². The number of likely N-dealkylation sites (N-methyl/N-ethyl adjacent to an activating group) is 1. The molecule has 0 amide bonds. The van der Waals surface area contributed by atoms with E-state index in [0.717, 1.165) is 53.2 Å². The van der Waals surface area contributed by atoms with Crippen LogP contribution in [0.2, 0.25) is 5.02 Å². The summed E-state index contributed by atoms with van der Waals surface area (Å²) in [6, 6.07) is 21.8. The Morgan fingerprint density at radius 2 is 1.50 bits per heavy atom. The lowest BCUT2D eigenvalue weighted by molar-refractivity contribution is 0.0810. The highest BCUT2D eigenvalue weighted by Gasteiger charge is 2.32. The molecule has 1 N–H and O–H groups in total. The first kappa shape index (κ1) is 24.3.